The van der Waals surface area contributed by atoms with Gasteiger partial charge in [0.1, 0.15) is 12.4 Å². The molecule has 0 bridgehead atoms. The van der Waals surface area contributed by atoms with Crippen molar-refractivity contribution in [2.45, 2.75) is 24.1 Å². The molecule has 0 radical (unpaired) electrons. The first kappa shape index (κ1) is 22.8. The summed E-state index contributed by atoms with van der Waals surface area (Å²) < 4.78 is 6.92. The van der Waals surface area contributed by atoms with E-state index in [1.165, 1.54) is 0 Å². The zero-order valence-electron chi connectivity index (χ0n) is 18.2. The lowest BCUT2D eigenvalue weighted by molar-refractivity contribution is -0.534. The molecular formula is C25H21BrClN3O4. The number of hydrogen-bond acceptors (Lipinski definition) is 5. The Bertz CT molecular complexity index is 1290. The number of halogens is 2. The van der Waals surface area contributed by atoms with Gasteiger partial charge in [0.25, 0.3) is 11.9 Å². The molecule has 2 aliphatic rings. The van der Waals surface area contributed by atoms with Gasteiger partial charge in [-0.25, -0.2) is 0 Å². The standard InChI is InChI=1S/C25H21BrClN3O4/c1-29-13-19(23(30(32)33)25(29)20-4-2-3-5-21(20)28-24(25)31)18-12-16(26)8-11-22(18)34-14-15-6-9-17(27)10-7-15/h2-12,19,23H,13-14H2,1H3,(H,28,31)/t19-,23+,25+/m1/s1. The number of ether oxygens (including phenoxy) is 1. The highest BCUT2D eigenvalue weighted by atomic mass is 79.9. The van der Waals surface area contributed by atoms with Gasteiger partial charge in [0, 0.05) is 37.8 Å². The Labute approximate surface area is 209 Å². The smallest absolute Gasteiger partial charge is 0.256 e. The van der Waals surface area contributed by atoms with Crippen LogP contribution in [0.4, 0.5) is 5.69 Å². The first-order valence-electron chi connectivity index (χ1n) is 10.7. The summed E-state index contributed by atoms with van der Waals surface area (Å²) in [6, 6.07) is 18.8. The summed E-state index contributed by atoms with van der Waals surface area (Å²) in [6.45, 7) is 0.604. The van der Waals surface area contributed by atoms with E-state index in [4.69, 9.17) is 16.3 Å². The third-order valence-corrected chi connectivity index (χ3v) is 7.47. The van der Waals surface area contributed by atoms with E-state index in [1.807, 2.05) is 30.3 Å². The molecule has 9 heteroatoms. The summed E-state index contributed by atoms with van der Waals surface area (Å²) in [4.78, 5) is 27.4. The number of likely N-dealkylation sites (N-methyl/N-ethyl adjacent to an activating group) is 1. The highest BCUT2D eigenvalue weighted by Gasteiger charge is 2.68. The fourth-order valence-electron chi connectivity index (χ4n) is 5.24. The topological polar surface area (TPSA) is 84.7 Å². The van der Waals surface area contributed by atoms with Crippen LogP contribution in [0.2, 0.25) is 5.02 Å². The summed E-state index contributed by atoms with van der Waals surface area (Å²) in [5.41, 5.74) is 1.45. The van der Waals surface area contributed by atoms with E-state index in [1.54, 1.807) is 48.3 Å². The van der Waals surface area contributed by atoms with Crippen molar-refractivity contribution in [3.8, 4) is 5.75 Å². The summed E-state index contributed by atoms with van der Waals surface area (Å²) in [7, 11) is 1.77. The number of fused-ring (bicyclic) bond motifs is 2. The maximum absolute atomic E-state index is 13.3. The average molecular weight is 543 g/mol. The number of benzene rings is 3. The number of rotatable bonds is 5. The fraction of sp³-hybridized carbons (Fsp3) is 0.240. The van der Waals surface area contributed by atoms with Crippen LogP contribution in [0.25, 0.3) is 0 Å². The number of carbonyl (C=O) groups excluding carboxylic acids is 1. The normalized spacial score (nSPS) is 23.7. The summed E-state index contributed by atoms with van der Waals surface area (Å²) >= 11 is 9.48. The van der Waals surface area contributed by atoms with Crippen molar-refractivity contribution in [2.24, 2.45) is 0 Å². The largest absolute Gasteiger partial charge is 0.489 e. The van der Waals surface area contributed by atoms with Crippen LogP contribution in [0.15, 0.2) is 71.2 Å². The number of anilines is 1. The molecule has 1 fully saturated rings. The lowest BCUT2D eigenvalue weighted by Gasteiger charge is -2.30. The molecule has 0 unspecified atom stereocenters. The van der Waals surface area contributed by atoms with Gasteiger partial charge < -0.3 is 10.1 Å². The van der Waals surface area contributed by atoms with Crippen molar-refractivity contribution in [2.75, 3.05) is 18.9 Å². The van der Waals surface area contributed by atoms with Crippen molar-refractivity contribution in [1.82, 2.24) is 4.90 Å². The number of carbonyl (C=O) groups is 1. The van der Waals surface area contributed by atoms with Crippen molar-refractivity contribution in [3.05, 3.63) is 103 Å². The van der Waals surface area contributed by atoms with E-state index in [0.29, 0.717) is 34.1 Å². The Kier molecular flexibility index (Phi) is 5.83. The molecule has 5 rings (SSSR count). The van der Waals surface area contributed by atoms with E-state index in [-0.39, 0.29) is 17.4 Å². The first-order valence-corrected chi connectivity index (χ1v) is 11.9. The van der Waals surface area contributed by atoms with Crippen molar-refractivity contribution in [1.29, 1.82) is 0 Å². The number of hydrogen-bond donors (Lipinski definition) is 1. The molecule has 0 aliphatic carbocycles. The number of para-hydroxylation sites is 1. The molecule has 1 saturated heterocycles. The van der Waals surface area contributed by atoms with E-state index in [2.05, 4.69) is 21.2 Å². The first-order chi connectivity index (χ1) is 16.3. The van der Waals surface area contributed by atoms with E-state index in [0.717, 1.165) is 10.0 Å². The zero-order valence-corrected chi connectivity index (χ0v) is 20.5. The number of nitrogens with zero attached hydrogens (tertiary/aromatic N) is 2. The molecule has 3 aromatic carbocycles. The van der Waals surface area contributed by atoms with Crippen LogP contribution in [-0.2, 0) is 16.9 Å². The number of nitrogens with one attached hydrogen (secondary N) is 1. The van der Waals surface area contributed by atoms with Gasteiger partial charge in [-0.1, -0.05) is 57.9 Å². The Morgan fingerprint density at radius 1 is 1.21 bits per heavy atom. The second kappa shape index (κ2) is 8.69. The highest BCUT2D eigenvalue weighted by Crippen LogP contribution is 2.53. The Morgan fingerprint density at radius 2 is 1.94 bits per heavy atom. The van der Waals surface area contributed by atoms with Crippen molar-refractivity contribution in [3.63, 3.8) is 0 Å². The van der Waals surface area contributed by atoms with Crippen LogP contribution in [0.1, 0.15) is 22.6 Å². The van der Waals surface area contributed by atoms with Gasteiger partial charge in [0.15, 0.2) is 5.54 Å². The molecule has 7 nitrogen and oxygen atoms in total. The molecule has 3 atom stereocenters. The summed E-state index contributed by atoms with van der Waals surface area (Å²) in [5, 5.41) is 16.1. The van der Waals surface area contributed by atoms with Crippen LogP contribution in [-0.4, -0.2) is 35.4 Å². The van der Waals surface area contributed by atoms with Crippen LogP contribution in [0, 0.1) is 10.1 Å². The van der Waals surface area contributed by atoms with Gasteiger partial charge in [-0.3, -0.25) is 19.8 Å². The maximum Gasteiger partial charge on any atom is 0.256 e. The van der Waals surface area contributed by atoms with Crippen LogP contribution >= 0.6 is 27.5 Å². The van der Waals surface area contributed by atoms with Crippen molar-refractivity contribution >= 4 is 39.1 Å². The molecule has 2 heterocycles. The van der Waals surface area contributed by atoms with Crippen molar-refractivity contribution < 1.29 is 14.5 Å². The Hall–Kier alpha value is -2.94. The van der Waals surface area contributed by atoms with Gasteiger partial charge in [-0.2, -0.15) is 0 Å². The molecule has 0 saturated carbocycles. The lowest BCUT2D eigenvalue weighted by atomic mass is 9.79. The molecule has 2 aliphatic heterocycles. The van der Waals surface area contributed by atoms with E-state index in [9.17, 15) is 14.9 Å². The minimum absolute atomic E-state index is 0.284. The second-order valence-electron chi connectivity index (χ2n) is 8.58. The average Bonchev–Trinajstić information content (AvgIpc) is 3.29. The predicted octanol–water partition coefficient (Wildman–Crippen LogP) is 5.20. The van der Waals surface area contributed by atoms with E-state index >= 15 is 0 Å². The third-order valence-electron chi connectivity index (χ3n) is 6.72. The molecule has 3 aromatic rings. The van der Waals surface area contributed by atoms with Gasteiger partial charge in [-0.05, 0) is 49.0 Å². The third kappa shape index (κ3) is 3.57. The summed E-state index contributed by atoms with van der Waals surface area (Å²) in [6.07, 6.45) is 0. The monoisotopic (exact) mass is 541 g/mol. The Balaban J connectivity index is 1.56. The van der Waals surface area contributed by atoms with Crippen LogP contribution in [0.3, 0.4) is 0 Å². The quantitative estimate of drug-likeness (QED) is 0.354. The van der Waals surface area contributed by atoms with Crippen LogP contribution in [0.5, 0.6) is 5.75 Å². The van der Waals surface area contributed by atoms with Gasteiger partial charge in [0.2, 0.25) is 0 Å². The fourth-order valence-corrected chi connectivity index (χ4v) is 5.75. The Morgan fingerprint density at radius 3 is 2.68 bits per heavy atom. The van der Waals surface area contributed by atoms with Gasteiger partial charge >= 0.3 is 0 Å². The molecular weight excluding hydrogens is 522 g/mol. The van der Waals surface area contributed by atoms with Gasteiger partial charge in [-0.15, -0.1) is 0 Å². The number of nitro groups is 1. The minimum Gasteiger partial charge on any atom is -0.489 e. The lowest BCUT2D eigenvalue weighted by Crippen LogP contribution is -2.54. The number of amides is 1. The molecule has 1 spiro atoms. The predicted molar refractivity (Wildman–Crippen MR) is 133 cm³/mol. The van der Waals surface area contributed by atoms with Crippen LogP contribution < -0.4 is 10.1 Å². The SMILES string of the molecule is CN1C[C@H](c2cc(Br)ccc2OCc2ccc(Cl)cc2)[C@H]([N+](=O)[O-])[C@@]12C(=O)Nc1ccccc12. The second-order valence-corrected chi connectivity index (χ2v) is 9.93. The van der Waals surface area contributed by atoms with Gasteiger partial charge in [0.05, 0.1) is 5.92 Å². The molecule has 1 N–H and O–H groups in total. The molecule has 0 aromatic heterocycles. The number of likely N-dealkylation sites (tertiary alicyclic amines) is 1. The highest BCUT2D eigenvalue weighted by molar-refractivity contribution is 9.10. The minimum atomic E-state index is -1.40. The molecule has 1 amide bonds. The maximum atomic E-state index is 13.3. The molecule has 34 heavy (non-hydrogen) atoms. The molecule has 174 valence electrons. The van der Waals surface area contributed by atoms with E-state index < -0.39 is 17.5 Å². The summed E-state index contributed by atoms with van der Waals surface area (Å²) in [5.74, 6) is -0.402. The zero-order chi connectivity index (χ0) is 24.0.